The molecule has 142 valence electrons. The lowest BCUT2D eigenvalue weighted by molar-refractivity contribution is -0.137. The zero-order chi connectivity index (χ0) is 18.9. The van der Waals surface area contributed by atoms with Crippen molar-refractivity contribution in [3.63, 3.8) is 0 Å². The van der Waals surface area contributed by atoms with Gasteiger partial charge < -0.3 is 9.64 Å². The Morgan fingerprint density at radius 3 is 2.41 bits per heavy atom. The van der Waals surface area contributed by atoms with Crippen LogP contribution < -0.4 is 4.74 Å². The minimum absolute atomic E-state index is 0.0303. The molecule has 2 unspecified atom stereocenters. The van der Waals surface area contributed by atoms with E-state index in [9.17, 15) is 13.2 Å². The largest absolute Gasteiger partial charge is 0.482 e. The van der Waals surface area contributed by atoms with Gasteiger partial charge in [0.2, 0.25) is 0 Å². The van der Waals surface area contributed by atoms with E-state index < -0.39 is 15.1 Å². The molecule has 2 atom stereocenters. The molecule has 0 radical (unpaired) electrons. The van der Waals surface area contributed by atoms with Gasteiger partial charge in [0.1, 0.15) is 5.75 Å². The van der Waals surface area contributed by atoms with Crippen molar-refractivity contribution in [1.82, 2.24) is 9.88 Å². The van der Waals surface area contributed by atoms with E-state index in [1.54, 1.807) is 48.8 Å². The third-order valence-corrected chi connectivity index (χ3v) is 7.68. The summed E-state index contributed by atoms with van der Waals surface area (Å²) < 4.78 is 31.5. The summed E-state index contributed by atoms with van der Waals surface area (Å²) in [5.74, 6) is 0.474. The third-order valence-electron chi connectivity index (χ3n) is 5.49. The van der Waals surface area contributed by atoms with E-state index in [1.807, 2.05) is 11.0 Å². The summed E-state index contributed by atoms with van der Waals surface area (Å²) in [6, 6.07) is 12.1. The van der Waals surface area contributed by atoms with E-state index in [4.69, 9.17) is 4.74 Å². The number of carbonyl (C=O) groups is 1. The highest BCUT2D eigenvalue weighted by Crippen LogP contribution is 2.39. The molecule has 3 heterocycles. The molecule has 2 fully saturated rings. The number of piperidine rings is 1. The summed E-state index contributed by atoms with van der Waals surface area (Å²) in [4.78, 5) is 18.9. The Kier molecular flexibility index (Phi) is 4.86. The molecule has 27 heavy (non-hydrogen) atoms. The molecular weight excluding hydrogens is 364 g/mol. The van der Waals surface area contributed by atoms with E-state index in [0.717, 1.165) is 12.8 Å². The molecule has 2 bridgehead atoms. The number of rotatable bonds is 5. The Hall–Kier alpha value is -2.41. The van der Waals surface area contributed by atoms with Crippen molar-refractivity contribution in [2.75, 3.05) is 6.61 Å². The molecule has 0 spiro atoms. The fourth-order valence-electron chi connectivity index (χ4n) is 4.24. The Balaban J connectivity index is 1.44. The van der Waals surface area contributed by atoms with Gasteiger partial charge in [-0.3, -0.25) is 9.78 Å². The highest BCUT2D eigenvalue weighted by Gasteiger charge is 2.47. The fraction of sp³-hybridized carbons (Fsp3) is 0.400. The van der Waals surface area contributed by atoms with Crippen LogP contribution in [0.5, 0.6) is 5.75 Å². The molecule has 6 nitrogen and oxygen atoms in total. The topological polar surface area (TPSA) is 76.6 Å². The lowest BCUT2D eigenvalue weighted by Gasteiger charge is -2.38. The normalized spacial score (nSPS) is 24.6. The molecule has 0 aliphatic carbocycles. The molecule has 2 aliphatic heterocycles. The number of hydrogen-bond donors (Lipinski definition) is 0. The summed E-state index contributed by atoms with van der Waals surface area (Å²) in [7, 11) is -3.37. The van der Waals surface area contributed by atoms with Crippen molar-refractivity contribution >= 4 is 15.7 Å². The van der Waals surface area contributed by atoms with Gasteiger partial charge in [0.15, 0.2) is 16.4 Å². The second-order valence-electron chi connectivity index (χ2n) is 7.11. The summed E-state index contributed by atoms with van der Waals surface area (Å²) in [5, 5.41) is -0.430. The van der Waals surface area contributed by atoms with Crippen LogP contribution in [0, 0.1) is 0 Å². The van der Waals surface area contributed by atoms with Gasteiger partial charge >= 0.3 is 0 Å². The first-order valence-corrected chi connectivity index (χ1v) is 10.7. The molecule has 7 heteroatoms. The molecule has 2 saturated heterocycles. The zero-order valence-corrected chi connectivity index (χ0v) is 15.7. The maximum Gasteiger partial charge on any atom is 0.261 e. The molecule has 1 aromatic heterocycles. The van der Waals surface area contributed by atoms with Crippen LogP contribution >= 0.6 is 0 Å². The smallest absolute Gasteiger partial charge is 0.261 e. The van der Waals surface area contributed by atoms with Gasteiger partial charge in [0.05, 0.1) is 16.3 Å². The zero-order valence-electron chi connectivity index (χ0n) is 14.9. The van der Waals surface area contributed by atoms with Crippen LogP contribution in [-0.4, -0.2) is 48.1 Å². The van der Waals surface area contributed by atoms with Gasteiger partial charge in [0, 0.05) is 18.3 Å². The molecule has 4 rings (SSSR count). The number of fused-ring (bicyclic) bond motifs is 2. The number of amides is 1. The van der Waals surface area contributed by atoms with Crippen molar-refractivity contribution in [3.05, 3.63) is 54.9 Å². The van der Waals surface area contributed by atoms with E-state index in [0.29, 0.717) is 23.5 Å². The SMILES string of the molecule is O=C(COc1cccnc1)N1C2CCC1CC(S(=O)(=O)c1ccccc1)C2. The molecular formula is C20H22N2O4S. The van der Waals surface area contributed by atoms with E-state index in [1.165, 1.54) is 0 Å². The number of benzene rings is 1. The average molecular weight is 386 g/mol. The Labute approximate surface area is 159 Å². The van der Waals surface area contributed by atoms with Gasteiger partial charge in [-0.25, -0.2) is 8.42 Å². The van der Waals surface area contributed by atoms with Crippen LogP contribution in [0.3, 0.4) is 0 Å². The van der Waals surface area contributed by atoms with Crippen molar-refractivity contribution in [2.24, 2.45) is 0 Å². The molecule has 1 aromatic carbocycles. The highest BCUT2D eigenvalue weighted by atomic mass is 32.2. The number of sulfone groups is 1. The molecule has 2 aliphatic rings. The number of aromatic nitrogens is 1. The Bertz CT molecular complexity index is 888. The second-order valence-corrected chi connectivity index (χ2v) is 9.34. The van der Waals surface area contributed by atoms with Crippen LogP contribution in [0.1, 0.15) is 25.7 Å². The van der Waals surface area contributed by atoms with Crippen molar-refractivity contribution in [3.8, 4) is 5.75 Å². The van der Waals surface area contributed by atoms with E-state index >= 15 is 0 Å². The van der Waals surface area contributed by atoms with Crippen molar-refractivity contribution < 1.29 is 17.9 Å². The monoisotopic (exact) mass is 386 g/mol. The van der Waals surface area contributed by atoms with Crippen molar-refractivity contribution in [1.29, 1.82) is 0 Å². The summed E-state index contributed by atoms with van der Waals surface area (Å²) in [6.07, 6.45) is 5.90. The van der Waals surface area contributed by atoms with Crippen molar-refractivity contribution in [2.45, 2.75) is 47.9 Å². The van der Waals surface area contributed by atoms with Crippen LogP contribution in [0.2, 0.25) is 0 Å². The number of pyridine rings is 1. The standard InChI is InChI=1S/C20H22N2O4S/c23-20(14-26-17-5-4-10-21-13-17)22-15-8-9-16(22)12-19(11-15)27(24,25)18-6-2-1-3-7-18/h1-7,10,13,15-16,19H,8-9,11-12,14H2. The van der Waals surface area contributed by atoms with Crippen LogP contribution in [0.15, 0.2) is 59.8 Å². The summed E-state index contributed by atoms with van der Waals surface area (Å²) in [5.41, 5.74) is 0. The number of carbonyl (C=O) groups excluding carboxylic acids is 1. The van der Waals surface area contributed by atoms with E-state index in [-0.39, 0.29) is 24.6 Å². The summed E-state index contributed by atoms with van der Waals surface area (Å²) in [6.45, 7) is -0.0468. The van der Waals surface area contributed by atoms with Gasteiger partial charge in [0.25, 0.3) is 5.91 Å². The lowest BCUT2D eigenvalue weighted by atomic mass is 10.0. The number of ether oxygens (including phenoxy) is 1. The maximum atomic E-state index is 13.0. The minimum atomic E-state index is -3.37. The first-order chi connectivity index (χ1) is 13.1. The second kappa shape index (κ2) is 7.31. The molecule has 0 N–H and O–H groups in total. The predicted octanol–water partition coefficient (Wildman–Crippen LogP) is 2.46. The van der Waals surface area contributed by atoms with Crippen LogP contribution in [0.25, 0.3) is 0 Å². The maximum absolute atomic E-state index is 13.0. The van der Waals surface area contributed by atoms with Gasteiger partial charge in [-0.2, -0.15) is 0 Å². The lowest BCUT2D eigenvalue weighted by Crippen LogP contribution is -2.51. The van der Waals surface area contributed by atoms with Gasteiger partial charge in [-0.1, -0.05) is 18.2 Å². The Morgan fingerprint density at radius 2 is 1.78 bits per heavy atom. The fourth-order valence-corrected chi connectivity index (χ4v) is 6.11. The number of nitrogens with zero attached hydrogens (tertiary/aromatic N) is 2. The number of hydrogen-bond acceptors (Lipinski definition) is 5. The summed E-state index contributed by atoms with van der Waals surface area (Å²) >= 11 is 0. The first-order valence-electron chi connectivity index (χ1n) is 9.18. The molecule has 2 aromatic rings. The van der Waals surface area contributed by atoms with Gasteiger partial charge in [-0.15, -0.1) is 0 Å². The average Bonchev–Trinajstić information content (AvgIpc) is 2.97. The van der Waals surface area contributed by atoms with Crippen LogP contribution in [-0.2, 0) is 14.6 Å². The first kappa shape index (κ1) is 18.0. The Morgan fingerprint density at radius 1 is 1.07 bits per heavy atom. The third kappa shape index (κ3) is 3.56. The highest BCUT2D eigenvalue weighted by molar-refractivity contribution is 7.92. The molecule has 1 amide bonds. The van der Waals surface area contributed by atoms with E-state index in [2.05, 4.69) is 4.98 Å². The minimum Gasteiger partial charge on any atom is -0.482 e. The molecule has 0 saturated carbocycles. The predicted molar refractivity (Wildman–Crippen MR) is 100 cm³/mol. The van der Waals surface area contributed by atoms with Crippen LogP contribution in [0.4, 0.5) is 0 Å². The van der Waals surface area contributed by atoms with Gasteiger partial charge in [-0.05, 0) is 49.9 Å². The quantitative estimate of drug-likeness (QED) is 0.789.